The number of H-pyrrole nitrogens is 1. The van der Waals surface area contributed by atoms with Gasteiger partial charge in [-0.2, -0.15) is 0 Å². The van der Waals surface area contributed by atoms with E-state index in [2.05, 4.69) is 27.1 Å². The molecule has 4 rings (SSSR count). The van der Waals surface area contributed by atoms with Crippen molar-refractivity contribution < 1.29 is 9.53 Å². The zero-order valence-corrected chi connectivity index (χ0v) is 17.4. The Labute approximate surface area is 175 Å². The van der Waals surface area contributed by atoms with Crippen molar-refractivity contribution in [2.75, 3.05) is 32.8 Å². The van der Waals surface area contributed by atoms with Gasteiger partial charge in [-0.25, -0.2) is 4.98 Å². The Morgan fingerprint density at radius 3 is 2.79 bits per heavy atom. The van der Waals surface area contributed by atoms with Crippen LogP contribution in [-0.4, -0.2) is 59.7 Å². The van der Waals surface area contributed by atoms with Crippen LogP contribution in [0.25, 0.3) is 11.0 Å². The van der Waals surface area contributed by atoms with Crippen LogP contribution in [0.5, 0.6) is 0 Å². The second-order valence-electron chi connectivity index (χ2n) is 7.21. The highest BCUT2D eigenvalue weighted by Crippen LogP contribution is 2.24. The monoisotopic (exact) mass is 410 g/mol. The highest BCUT2D eigenvalue weighted by molar-refractivity contribution is 7.98. The van der Waals surface area contributed by atoms with Crippen LogP contribution in [-0.2, 0) is 10.5 Å². The number of hydrogen-bond acceptors (Lipinski definition) is 5. The van der Waals surface area contributed by atoms with Gasteiger partial charge in [0.1, 0.15) is 0 Å². The lowest BCUT2D eigenvalue weighted by Gasteiger charge is -2.32. The Morgan fingerprint density at radius 1 is 1.21 bits per heavy atom. The lowest BCUT2D eigenvalue weighted by molar-refractivity contribution is 0.0204. The largest absolute Gasteiger partial charge is 0.379 e. The van der Waals surface area contributed by atoms with Crippen LogP contribution < -0.4 is 5.32 Å². The van der Waals surface area contributed by atoms with E-state index in [4.69, 9.17) is 4.74 Å². The van der Waals surface area contributed by atoms with E-state index in [0.717, 1.165) is 53.6 Å². The summed E-state index contributed by atoms with van der Waals surface area (Å²) in [5, 5.41) is 3.97. The molecular weight excluding hydrogens is 384 g/mol. The number of aromatic nitrogens is 2. The summed E-state index contributed by atoms with van der Waals surface area (Å²) in [4.78, 5) is 23.1. The molecule has 152 valence electrons. The average Bonchev–Trinajstić information content (AvgIpc) is 3.19. The minimum absolute atomic E-state index is 0.0223. The maximum absolute atomic E-state index is 12.8. The van der Waals surface area contributed by atoms with Crippen LogP contribution in [0.4, 0.5) is 0 Å². The van der Waals surface area contributed by atoms with Gasteiger partial charge in [0.25, 0.3) is 5.91 Å². The molecule has 0 saturated carbocycles. The molecule has 7 heteroatoms. The van der Waals surface area contributed by atoms with Gasteiger partial charge in [0.2, 0.25) is 0 Å². The van der Waals surface area contributed by atoms with Crippen molar-refractivity contribution in [3.63, 3.8) is 0 Å². The van der Waals surface area contributed by atoms with Crippen LogP contribution >= 0.6 is 11.8 Å². The fourth-order valence-corrected chi connectivity index (χ4v) is 4.38. The third-order valence-electron chi connectivity index (χ3n) is 5.22. The summed E-state index contributed by atoms with van der Waals surface area (Å²) >= 11 is 1.61. The van der Waals surface area contributed by atoms with Gasteiger partial charge in [-0.1, -0.05) is 42.1 Å². The molecule has 1 aromatic heterocycles. The van der Waals surface area contributed by atoms with Crippen LogP contribution in [0.2, 0.25) is 0 Å². The fraction of sp³-hybridized carbons (Fsp3) is 0.364. The van der Waals surface area contributed by atoms with Crippen LogP contribution in [0.3, 0.4) is 0 Å². The van der Waals surface area contributed by atoms with Crippen LogP contribution in [0.1, 0.15) is 22.8 Å². The third-order valence-corrected chi connectivity index (χ3v) is 6.14. The van der Waals surface area contributed by atoms with Gasteiger partial charge in [-0.05, 0) is 30.7 Å². The summed E-state index contributed by atoms with van der Waals surface area (Å²) in [6, 6.07) is 16.1. The SMILES string of the molecule is CC(CNC(=O)c1ccccc1CSc1nc2ccccc2[nH]1)N1CCOCC1. The smallest absolute Gasteiger partial charge is 0.251 e. The summed E-state index contributed by atoms with van der Waals surface area (Å²) in [5.41, 5.74) is 3.72. The van der Waals surface area contributed by atoms with E-state index in [1.54, 1.807) is 11.8 Å². The average molecular weight is 411 g/mol. The number of hydrogen-bond donors (Lipinski definition) is 2. The number of nitrogens with one attached hydrogen (secondary N) is 2. The van der Waals surface area contributed by atoms with Crippen molar-refractivity contribution in [2.45, 2.75) is 23.9 Å². The third kappa shape index (κ3) is 4.98. The van der Waals surface area contributed by atoms with Crippen molar-refractivity contribution in [2.24, 2.45) is 0 Å². The van der Waals surface area contributed by atoms with Gasteiger partial charge in [0, 0.05) is 37.0 Å². The van der Waals surface area contributed by atoms with E-state index in [1.807, 2.05) is 48.5 Å². The molecular formula is C22H26N4O2S. The van der Waals surface area contributed by atoms with E-state index in [-0.39, 0.29) is 5.91 Å². The molecule has 1 atom stereocenters. The lowest BCUT2D eigenvalue weighted by Crippen LogP contribution is -2.47. The molecule has 1 saturated heterocycles. The number of rotatable bonds is 7. The predicted octanol–water partition coefficient (Wildman–Crippen LogP) is 3.31. The zero-order chi connectivity index (χ0) is 20.1. The van der Waals surface area contributed by atoms with Gasteiger partial charge in [-0.3, -0.25) is 9.69 Å². The Kier molecular flexibility index (Phi) is 6.49. The number of morpholine rings is 1. The summed E-state index contributed by atoms with van der Waals surface area (Å²) in [5.74, 6) is 0.661. The van der Waals surface area contributed by atoms with Crippen molar-refractivity contribution in [1.29, 1.82) is 0 Å². The topological polar surface area (TPSA) is 70.2 Å². The highest BCUT2D eigenvalue weighted by Gasteiger charge is 2.18. The van der Waals surface area contributed by atoms with E-state index in [0.29, 0.717) is 18.3 Å². The molecule has 0 bridgehead atoms. The highest BCUT2D eigenvalue weighted by atomic mass is 32.2. The van der Waals surface area contributed by atoms with E-state index >= 15 is 0 Å². The Balaban J connectivity index is 1.37. The molecule has 2 heterocycles. The minimum Gasteiger partial charge on any atom is -0.379 e. The molecule has 29 heavy (non-hydrogen) atoms. The first-order chi connectivity index (χ1) is 14.2. The molecule has 6 nitrogen and oxygen atoms in total. The summed E-state index contributed by atoms with van der Waals surface area (Å²) in [6.07, 6.45) is 0. The minimum atomic E-state index is -0.0223. The quantitative estimate of drug-likeness (QED) is 0.585. The summed E-state index contributed by atoms with van der Waals surface area (Å²) in [6.45, 7) is 6.14. The number of para-hydroxylation sites is 2. The van der Waals surface area contributed by atoms with Gasteiger partial charge >= 0.3 is 0 Å². The molecule has 0 aliphatic carbocycles. The number of aromatic amines is 1. The first-order valence-corrected chi connectivity index (χ1v) is 10.9. The number of ether oxygens (including phenoxy) is 1. The standard InChI is InChI=1S/C22H26N4O2S/c1-16(26-10-12-28-13-11-26)14-23-21(27)18-7-3-2-6-17(18)15-29-22-24-19-8-4-5-9-20(19)25-22/h2-9,16H,10-15H2,1H3,(H,23,27)(H,24,25). The van der Waals surface area contributed by atoms with E-state index in [9.17, 15) is 4.79 Å². The van der Waals surface area contributed by atoms with Crippen molar-refractivity contribution in [3.8, 4) is 0 Å². The Hall–Kier alpha value is -2.35. The molecule has 1 aliphatic heterocycles. The van der Waals surface area contributed by atoms with Gasteiger partial charge in [0.15, 0.2) is 5.16 Å². The Bertz CT molecular complexity index is 935. The van der Waals surface area contributed by atoms with E-state index in [1.165, 1.54) is 0 Å². The molecule has 3 aromatic rings. The number of amides is 1. The maximum Gasteiger partial charge on any atom is 0.251 e. The number of thioether (sulfide) groups is 1. The predicted molar refractivity (Wildman–Crippen MR) is 116 cm³/mol. The first kappa shape index (κ1) is 19.9. The normalized spacial score (nSPS) is 16.0. The number of carbonyl (C=O) groups excluding carboxylic acids is 1. The molecule has 2 N–H and O–H groups in total. The van der Waals surface area contributed by atoms with Gasteiger partial charge in [0.05, 0.1) is 24.2 Å². The second kappa shape index (κ2) is 9.43. The van der Waals surface area contributed by atoms with Gasteiger partial charge < -0.3 is 15.0 Å². The number of carbonyl (C=O) groups is 1. The number of imidazole rings is 1. The van der Waals surface area contributed by atoms with E-state index < -0.39 is 0 Å². The molecule has 1 amide bonds. The van der Waals surface area contributed by atoms with Crippen molar-refractivity contribution >= 4 is 28.7 Å². The van der Waals surface area contributed by atoms with Crippen molar-refractivity contribution in [1.82, 2.24) is 20.2 Å². The molecule has 0 spiro atoms. The van der Waals surface area contributed by atoms with Crippen LogP contribution in [0, 0.1) is 0 Å². The summed E-state index contributed by atoms with van der Waals surface area (Å²) < 4.78 is 5.40. The zero-order valence-electron chi connectivity index (χ0n) is 16.6. The first-order valence-electron chi connectivity index (χ1n) is 9.96. The molecule has 1 aliphatic rings. The fourth-order valence-electron chi connectivity index (χ4n) is 3.49. The Morgan fingerprint density at radius 2 is 1.97 bits per heavy atom. The molecule has 1 fully saturated rings. The van der Waals surface area contributed by atoms with Gasteiger partial charge in [-0.15, -0.1) is 0 Å². The molecule has 0 radical (unpaired) electrons. The number of benzene rings is 2. The molecule has 1 unspecified atom stereocenters. The number of fused-ring (bicyclic) bond motifs is 1. The summed E-state index contributed by atoms with van der Waals surface area (Å²) in [7, 11) is 0. The lowest BCUT2D eigenvalue weighted by atomic mass is 10.1. The van der Waals surface area contributed by atoms with Crippen molar-refractivity contribution in [3.05, 3.63) is 59.7 Å². The molecule has 2 aromatic carbocycles. The maximum atomic E-state index is 12.8. The second-order valence-corrected chi connectivity index (χ2v) is 8.18. The van der Waals surface area contributed by atoms with Crippen LogP contribution in [0.15, 0.2) is 53.7 Å². The number of nitrogens with zero attached hydrogens (tertiary/aromatic N) is 2.